The fourth-order valence-corrected chi connectivity index (χ4v) is 0.679. The molecule has 0 aromatic heterocycles. The quantitative estimate of drug-likeness (QED) is 0.568. The molecule has 0 fully saturated rings. The Morgan fingerprint density at radius 2 is 2.33 bits per heavy atom. The summed E-state index contributed by atoms with van der Waals surface area (Å²) < 4.78 is 9.44. The van der Waals surface area contributed by atoms with Crippen LogP contribution in [0.15, 0.2) is 11.5 Å². The van der Waals surface area contributed by atoms with Crippen LogP contribution < -0.4 is 0 Å². The maximum absolute atomic E-state index is 8.68. The molecule has 0 saturated carbocycles. The van der Waals surface area contributed by atoms with E-state index >= 15 is 0 Å². The first kappa shape index (κ1) is 6.42. The van der Waals surface area contributed by atoms with Gasteiger partial charge in [-0.15, -0.1) is 0 Å². The highest BCUT2D eigenvalue weighted by Gasteiger charge is 2.19. The van der Waals surface area contributed by atoms with Gasteiger partial charge < -0.3 is 14.6 Å². The van der Waals surface area contributed by atoms with Crippen LogP contribution >= 0.6 is 0 Å². The minimum Gasteiger partial charge on any atom is -0.433 e. The molecule has 3 nitrogen and oxygen atoms in total. The zero-order valence-corrected chi connectivity index (χ0v) is 5.26. The Morgan fingerprint density at radius 1 is 1.67 bits per heavy atom. The van der Waals surface area contributed by atoms with Gasteiger partial charge in [-0.05, 0) is 0 Å². The maximum atomic E-state index is 8.68. The molecule has 1 N–H and O–H groups in total. The largest absolute Gasteiger partial charge is 0.433 e. The lowest BCUT2D eigenvalue weighted by Crippen LogP contribution is -2.05. The van der Waals surface area contributed by atoms with Crippen LogP contribution in [-0.4, -0.2) is 11.6 Å². The van der Waals surface area contributed by atoms with E-state index in [1.807, 2.05) is 6.92 Å². The lowest BCUT2D eigenvalue weighted by molar-refractivity contribution is -0.191. The molecule has 1 aliphatic heterocycles. The molecule has 0 spiro atoms. The van der Waals surface area contributed by atoms with Gasteiger partial charge in [-0.25, -0.2) is 0 Å². The van der Waals surface area contributed by atoms with Crippen molar-refractivity contribution in [3.63, 3.8) is 0 Å². The van der Waals surface area contributed by atoms with E-state index in [1.165, 1.54) is 0 Å². The van der Waals surface area contributed by atoms with E-state index in [-0.39, 0.29) is 0 Å². The van der Waals surface area contributed by atoms with Crippen molar-refractivity contribution >= 4 is 0 Å². The van der Waals surface area contributed by atoms with Crippen molar-refractivity contribution < 1.29 is 14.6 Å². The Kier molecular flexibility index (Phi) is 1.62. The third-order valence-electron chi connectivity index (χ3n) is 1.12. The SMILES string of the molecule is [CH2]C1=C(CC)OC(O)O1. The second kappa shape index (κ2) is 2.27. The Hall–Kier alpha value is -0.700. The Balaban J connectivity index is 2.58. The number of aliphatic hydroxyl groups excluding tert-OH is 1. The summed E-state index contributed by atoms with van der Waals surface area (Å²) in [4.78, 5) is 0. The number of aliphatic hydroxyl groups is 1. The molecule has 0 amide bonds. The smallest absolute Gasteiger partial charge is 0.357 e. The van der Waals surface area contributed by atoms with E-state index in [0.29, 0.717) is 17.9 Å². The van der Waals surface area contributed by atoms with Gasteiger partial charge in [0.15, 0.2) is 0 Å². The van der Waals surface area contributed by atoms with Crippen LogP contribution in [0.1, 0.15) is 13.3 Å². The predicted molar refractivity (Wildman–Crippen MR) is 30.9 cm³/mol. The molecule has 0 aromatic rings. The number of rotatable bonds is 1. The van der Waals surface area contributed by atoms with Gasteiger partial charge in [0.05, 0.1) is 0 Å². The average molecular weight is 129 g/mol. The van der Waals surface area contributed by atoms with E-state index in [9.17, 15) is 0 Å². The highest BCUT2D eigenvalue weighted by Crippen LogP contribution is 2.21. The number of hydrogen-bond acceptors (Lipinski definition) is 3. The summed E-state index contributed by atoms with van der Waals surface area (Å²) in [5, 5.41) is 8.68. The van der Waals surface area contributed by atoms with Crippen LogP contribution in [-0.2, 0) is 9.47 Å². The molecule has 51 valence electrons. The lowest BCUT2D eigenvalue weighted by Gasteiger charge is -2.01. The number of hydrogen-bond donors (Lipinski definition) is 1. The van der Waals surface area contributed by atoms with Crippen LogP contribution in [0, 0.1) is 6.92 Å². The van der Waals surface area contributed by atoms with Gasteiger partial charge in [-0.1, -0.05) is 6.92 Å². The molecule has 9 heavy (non-hydrogen) atoms. The molecule has 1 radical (unpaired) electrons. The van der Waals surface area contributed by atoms with Crippen LogP contribution in [0.25, 0.3) is 0 Å². The molecule has 1 heterocycles. The Bertz CT molecular complexity index is 139. The highest BCUT2D eigenvalue weighted by atomic mass is 16.8. The van der Waals surface area contributed by atoms with E-state index in [1.54, 1.807) is 0 Å². The molecule has 3 heteroatoms. The molecule has 0 aromatic carbocycles. The highest BCUT2D eigenvalue weighted by molar-refractivity contribution is 5.06. The first-order valence-electron chi connectivity index (χ1n) is 2.80. The van der Waals surface area contributed by atoms with Crippen molar-refractivity contribution in [2.75, 3.05) is 0 Å². The zero-order chi connectivity index (χ0) is 6.85. The number of allylic oxidation sites excluding steroid dienone is 2. The average Bonchev–Trinajstić information content (AvgIpc) is 2.10. The van der Waals surface area contributed by atoms with Crippen molar-refractivity contribution in [3.05, 3.63) is 18.4 Å². The predicted octanol–water partition coefficient (Wildman–Crippen LogP) is 0.765. The molecule has 1 rings (SSSR count). The Labute approximate surface area is 53.9 Å². The second-order valence-corrected chi connectivity index (χ2v) is 1.74. The number of ether oxygens (including phenoxy) is 2. The van der Waals surface area contributed by atoms with Crippen LogP contribution in [0.4, 0.5) is 0 Å². The van der Waals surface area contributed by atoms with Gasteiger partial charge in [0.25, 0.3) is 0 Å². The fourth-order valence-electron chi connectivity index (χ4n) is 0.679. The summed E-state index contributed by atoms with van der Waals surface area (Å²) in [6.07, 6.45) is 0.704. The zero-order valence-electron chi connectivity index (χ0n) is 5.26. The summed E-state index contributed by atoms with van der Waals surface area (Å²) in [7, 11) is 0. The molecule has 1 aliphatic rings. The van der Waals surface area contributed by atoms with Gasteiger partial charge in [0, 0.05) is 13.3 Å². The van der Waals surface area contributed by atoms with Gasteiger partial charge in [-0.3, -0.25) is 0 Å². The van der Waals surface area contributed by atoms with Crippen LogP contribution in [0.5, 0.6) is 0 Å². The molecule has 1 unspecified atom stereocenters. The summed E-state index contributed by atoms with van der Waals surface area (Å²) in [6, 6.07) is 0. The molecule has 0 aliphatic carbocycles. The van der Waals surface area contributed by atoms with Gasteiger partial charge in [-0.2, -0.15) is 0 Å². The maximum Gasteiger partial charge on any atom is 0.357 e. The minimum absolute atomic E-state index is 0.435. The van der Waals surface area contributed by atoms with E-state index in [4.69, 9.17) is 9.84 Å². The third kappa shape index (κ3) is 1.16. The van der Waals surface area contributed by atoms with Gasteiger partial charge in [0.1, 0.15) is 11.5 Å². The molecule has 0 saturated heterocycles. The first-order valence-corrected chi connectivity index (χ1v) is 2.80. The van der Waals surface area contributed by atoms with E-state index < -0.39 is 6.48 Å². The van der Waals surface area contributed by atoms with Crippen LogP contribution in [0.3, 0.4) is 0 Å². The van der Waals surface area contributed by atoms with E-state index in [0.717, 1.165) is 0 Å². The standard InChI is InChI=1S/C6H9O3/c1-3-5-4(2)8-6(7)9-5/h6-7H,2-3H2,1H3. The molecule has 0 bridgehead atoms. The van der Waals surface area contributed by atoms with Gasteiger partial charge >= 0.3 is 6.48 Å². The fraction of sp³-hybridized carbons (Fsp3) is 0.500. The third-order valence-corrected chi connectivity index (χ3v) is 1.12. The lowest BCUT2D eigenvalue weighted by atomic mass is 10.3. The normalized spacial score (nSPS) is 25.9. The van der Waals surface area contributed by atoms with Crippen molar-refractivity contribution in [3.8, 4) is 0 Å². The molecular weight excluding hydrogens is 120 g/mol. The van der Waals surface area contributed by atoms with E-state index in [2.05, 4.69) is 11.7 Å². The van der Waals surface area contributed by atoms with Crippen molar-refractivity contribution in [1.29, 1.82) is 0 Å². The van der Waals surface area contributed by atoms with Crippen molar-refractivity contribution in [1.82, 2.24) is 0 Å². The Morgan fingerprint density at radius 3 is 2.56 bits per heavy atom. The summed E-state index contributed by atoms with van der Waals surface area (Å²) >= 11 is 0. The summed E-state index contributed by atoms with van der Waals surface area (Å²) in [6.45, 7) is 4.29. The summed E-state index contributed by atoms with van der Waals surface area (Å²) in [5.74, 6) is 1.06. The van der Waals surface area contributed by atoms with Crippen LogP contribution in [0.2, 0.25) is 0 Å². The first-order chi connectivity index (χ1) is 4.24. The second-order valence-electron chi connectivity index (χ2n) is 1.74. The monoisotopic (exact) mass is 129 g/mol. The molecule has 1 atom stereocenters. The minimum atomic E-state index is -1.13. The summed E-state index contributed by atoms with van der Waals surface area (Å²) in [5.41, 5.74) is 0. The van der Waals surface area contributed by atoms with Crippen molar-refractivity contribution in [2.45, 2.75) is 19.8 Å². The molecular formula is C6H9O3. The van der Waals surface area contributed by atoms with Gasteiger partial charge in [0.2, 0.25) is 0 Å². The van der Waals surface area contributed by atoms with Crippen molar-refractivity contribution in [2.24, 2.45) is 0 Å². The topological polar surface area (TPSA) is 38.7 Å².